The standard InChI is InChI=1S/C19H18F3NOS/c20-14-3-7-17(8-4-14)25-10-9-19(24)23(16-5-6-16)12-13-1-2-15(21)11-18(13)22/h1-4,7-8,11,16H,5-6,9-10,12H2. The van der Waals surface area contributed by atoms with Crippen LogP contribution >= 0.6 is 11.8 Å². The molecule has 0 atom stereocenters. The maximum Gasteiger partial charge on any atom is 0.223 e. The maximum absolute atomic E-state index is 13.9. The predicted octanol–water partition coefficient (Wildman–Crippen LogP) is 4.78. The molecule has 0 unspecified atom stereocenters. The molecule has 0 spiro atoms. The fraction of sp³-hybridized carbons (Fsp3) is 0.316. The van der Waals surface area contributed by atoms with E-state index in [-0.39, 0.29) is 24.3 Å². The predicted molar refractivity (Wildman–Crippen MR) is 91.7 cm³/mol. The number of benzene rings is 2. The highest BCUT2D eigenvalue weighted by molar-refractivity contribution is 7.99. The van der Waals surface area contributed by atoms with Crippen molar-refractivity contribution in [2.24, 2.45) is 0 Å². The summed E-state index contributed by atoms with van der Waals surface area (Å²) in [7, 11) is 0. The van der Waals surface area contributed by atoms with Crippen molar-refractivity contribution < 1.29 is 18.0 Å². The Labute approximate surface area is 149 Å². The largest absolute Gasteiger partial charge is 0.335 e. The minimum absolute atomic E-state index is 0.0409. The molecule has 0 aromatic heterocycles. The Kier molecular flexibility index (Phi) is 5.68. The van der Waals surface area contributed by atoms with Crippen LogP contribution in [0.5, 0.6) is 0 Å². The first-order valence-electron chi connectivity index (χ1n) is 8.14. The van der Waals surface area contributed by atoms with Crippen LogP contribution in [0.25, 0.3) is 0 Å². The van der Waals surface area contributed by atoms with Gasteiger partial charge in [0.2, 0.25) is 5.91 Å². The van der Waals surface area contributed by atoms with Crippen LogP contribution in [-0.2, 0) is 11.3 Å². The van der Waals surface area contributed by atoms with E-state index in [1.54, 1.807) is 17.0 Å². The van der Waals surface area contributed by atoms with Gasteiger partial charge in [0.15, 0.2) is 0 Å². The Morgan fingerprint density at radius 2 is 1.72 bits per heavy atom. The number of carbonyl (C=O) groups is 1. The van der Waals surface area contributed by atoms with Crippen LogP contribution in [-0.4, -0.2) is 22.6 Å². The van der Waals surface area contributed by atoms with Crippen molar-refractivity contribution in [3.8, 4) is 0 Å². The third-order valence-corrected chi connectivity index (χ3v) is 5.08. The normalized spacial score (nSPS) is 13.7. The summed E-state index contributed by atoms with van der Waals surface area (Å²) < 4.78 is 39.8. The lowest BCUT2D eigenvalue weighted by molar-refractivity contribution is -0.132. The molecule has 2 aromatic carbocycles. The summed E-state index contributed by atoms with van der Waals surface area (Å²) in [4.78, 5) is 15.1. The summed E-state index contributed by atoms with van der Waals surface area (Å²) in [6.45, 7) is 0.164. The van der Waals surface area contributed by atoms with Gasteiger partial charge in [-0.1, -0.05) is 6.07 Å². The zero-order valence-corrected chi connectivity index (χ0v) is 14.4. The van der Waals surface area contributed by atoms with E-state index in [1.165, 1.54) is 36.0 Å². The van der Waals surface area contributed by atoms with Crippen LogP contribution in [0, 0.1) is 17.5 Å². The second kappa shape index (κ2) is 7.95. The van der Waals surface area contributed by atoms with E-state index in [1.807, 2.05) is 0 Å². The van der Waals surface area contributed by atoms with Crippen molar-refractivity contribution in [1.82, 2.24) is 4.90 Å². The number of amides is 1. The quantitative estimate of drug-likeness (QED) is 0.659. The van der Waals surface area contributed by atoms with Crippen molar-refractivity contribution in [3.63, 3.8) is 0 Å². The zero-order chi connectivity index (χ0) is 17.8. The zero-order valence-electron chi connectivity index (χ0n) is 13.6. The highest BCUT2D eigenvalue weighted by Gasteiger charge is 2.32. The number of hydrogen-bond acceptors (Lipinski definition) is 2. The molecule has 0 bridgehead atoms. The highest BCUT2D eigenvalue weighted by Crippen LogP contribution is 2.30. The molecular weight excluding hydrogens is 347 g/mol. The van der Waals surface area contributed by atoms with Crippen LogP contribution in [0.4, 0.5) is 13.2 Å². The van der Waals surface area contributed by atoms with E-state index in [4.69, 9.17) is 0 Å². The molecule has 1 aliphatic carbocycles. The first-order chi connectivity index (χ1) is 12.0. The first-order valence-corrected chi connectivity index (χ1v) is 9.13. The fourth-order valence-corrected chi connectivity index (χ4v) is 3.41. The topological polar surface area (TPSA) is 20.3 Å². The van der Waals surface area contributed by atoms with Gasteiger partial charge in [-0.05, 0) is 43.2 Å². The molecule has 0 heterocycles. The molecule has 1 amide bonds. The molecule has 132 valence electrons. The summed E-state index contributed by atoms with van der Waals surface area (Å²) in [5, 5.41) is 0. The van der Waals surface area contributed by atoms with E-state index in [0.29, 0.717) is 17.7 Å². The van der Waals surface area contributed by atoms with Crippen LogP contribution in [0.3, 0.4) is 0 Å². The monoisotopic (exact) mass is 365 g/mol. The summed E-state index contributed by atoms with van der Waals surface area (Å²) >= 11 is 1.48. The Morgan fingerprint density at radius 3 is 2.36 bits per heavy atom. The average Bonchev–Trinajstić information content (AvgIpc) is 3.41. The minimum atomic E-state index is -0.626. The van der Waals surface area contributed by atoms with Crippen molar-refractivity contribution in [1.29, 1.82) is 0 Å². The molecule has 0 saturated heterocycles. The number of carbonyl (C=O) groups excluding carboxylic acids is 1. The molecule has 1 aliphatic rings. The first kappa shape index (κ1) is 17.9. The van der Waals surface area contributed by atoms with Gasteiger partial charge in [-0.25, -0.2) is 13.2 Å². The summed E-state index contributed by atoms with van der Waals surface area (Å²) in [5.74, 6) is -1.01. The van der Waals surface area contributed by atoms with Gasteiger partial charge in [0, 0.05) is 41.3 Å². The van der Waals surface area contributed by atoms with E-state index in [2.05, 4.69) is 0 Å². The van der Waals surface area contributed by atoms with E-state index < -0.39 is 11.6 Å². The van der Waals surface area contributed by atoms with Gasteiger partial charge in [0.25, 0.3) is 0 Å². The molecule has 2 nitrogen and oxygen atoms in total. The number of nitrogens with zero attached hydrogens (tertiary/aromatic N) is 1. The van der Waals surface area contributed by atoms with Crippen molar-refractivity contribution >= 4 is 17.7 Å². The van der Waals surface area contributed by atoms with E-state index in [0.717, 1.165) is 23.8 Å². The molecule has 2 aromatic rings. The van der Waals surface area contributed by atoms with Gasteiger partial charge in [0.1, 0.15) is 17.5 Å². The van der Waals surface area contributed by atoms with E-state index in [9.17, 15) is 18.0 Å². The van der Waals surface area contributed by atoms with Crippen molar-refractivity contribution in [2.45, 2.75) is 36.7 Å². The number of thioether (sulfide) groups is 1. The Morgan fingerprint density at radius 1 is 1.04 bits per heavy atom. The van der Waals surface area contributed by atoms with Gasteiger partial charge < -0.3 is 4.90 Å². The van der Waals surface area contributed by atoms with Crippen LogP contribution in [0.15, 0.2) is 47.4 Å². The smallest absolute Gasteiger partial charge is 0.223 e. The van der Waals surface area contributed by atoms with Gasteiger partial charge in [-0.2, -0.15) is 0 Å². The Bertz CT molecular complexity index is 747. The number of rotatable bonds is 7. The third-order valence-electron chi connectivity index (χ3n) is 4.06. The maximum atomic E-state index is 13.9. The van der Waals surface area contributed by atoms with Gasteiger partial charge in [-0.3, -0.25) is 4.79 Å². The summed E-state index contributed by atoms with van der Waals surface area (Å²) in [5.41, 5.74) is 0.327. The molecule has 0 N–H and O–H groups in total. The Hall–Kier alpha value is -1.95. The fourth-order valence-electron chi connectivity index (χ4n) is 2.57. The van der Waals surface area contributed by atoms with Crippen molar-refractivity contribution in [3.05, 3.63) is 65.5 Å². The van der Waals surface area contributed by atoms with Crippen LogP contribution in [0.1, 0.15) is 24.8 Å². The Balaban J connectivity index is 1.56. The second-order valence-corrected chi connectivity index (χ2v) is 7.21. The third kappa shape index (κ3) is 5.01. The molecule has 1 fully saturated rings. The van der Waals surface area contributed by atoms with Crippen LogP contribution in [0.2, 0.25) is 0 Å². The molecule has 1 saturated carbocycles. The van der Waals surface area contributed by atoms with Gasteiger partial charge in [-0.15, -0.1) is 11.8 Å². The van der Waals surface area contributed by atoms with E-state index >= 15 is 0 Å². The molecule has 0 aliphatic heterocycles. The summed E-state index contributed by atoms with van der Waals surface area (Å²) in [6, 6.07) is 9.71. The minimum Gasteiger partial charge on any atom is -0.335 e. The lowest BCUT2D eigenvalue weighted by atomic mass is 10.2. The van der Waals surface area contributed by atoms with Crippen LogP contribution < -0.4 is 0 Å². The van der Waals surface area contributed by atoms with Gasteiger partial charge >= 0.3 is 0 Å². The van der Waals surface area contributed by atoms with Crippen molar-refractivity contribution in [2.75, 3.05) is 5.75 Å². The molecule has 25 heavy (non-hydrogen) atoms. The lowest BCUT2D eigenvalue weighted by Crippen LogP contribution is -2.33. The molecule has 3 rings (SSSR count). The molecule has 6 heteroatoms. The number of hydrogen-bond donors (Lipinski definition) is 0. The number of halogens is 3. The SMILES string of the molecule is O=C(CCSc1ccc(F)cc1)N(Cc1ccc(F)cc1F)C1CC1. The lowest BCUT2D eigenvalue weighted by Gasteiger charge is -2.23. The average molecular weight is 365 g/mol. The molecule has 0 radical (unpaired) electrons. The highest BCUT2D eigenvalue weighted by atomic mass is 32.2. The van der Waals surface area contributed by atoms with Gasteiger partial charge in [0.05, 0.1) is 0 Å². The second-order valence-electron chi connectivity index (χ2n) is 6.04. The summed E-state index contributed by atoms with van der Waals surface area (Å²) in [6.07, 6.45) is 2.15. The molecular formula is C19H18F3NOS.